The minimum Gasteiger partial charge on any atom is -0.491 e. The van der Waals surface area contributed by atoms with Gasteiger partial charge in [-0.1, -0.05) is 17.3 Å². The van der Waals surface area contributed by atoms with Crippen molar-refractivity contribution in [2.45, 2.75) is 19.9 Å². The number of hydrogen-bond acceptors (Lipinski definition) is 6. The Morgan fingerprint density at radius 1 is 1.24 bits per heavy atom. The molecule has 2 aromatic heterocycles. The molecule has 1 N–H and O–H groups in total. The van der Waals surface area contributed by atoms with Crippen molar-refractivity contribution in [3.63, 3.8) is 0 Å². The van der Waals surface area contributed by atoms with Crippen LogP contribution in [-0.4, -0.2) is 27.6 Å². The zero-order chi connectivity index (χ0) is 17.4. The van der Waals surface area contributed by atoms with E-state index < -0.39 is 0 Å². The summed E-state index contributed by atoms with van der Waals surface area (Å²) >= 11 is 0. The molecule has 1 aromatic carbocycles. The molecule has 126 valence electrons. The summed E-state index contributed by atoms with van der Waals surface area (Å²) in [4.78, 5) is 20.7. The zero-order valence-corrected chi connectivity index (χ0v) is 13.8. The SMILES string of the molecule is Cc1cc(C(=O)NC2COc3cc(-c4noc(C)n4)ccc32)ccn1. The third kappa shape index (κ3) is 2.96. The summed E-state index contributed by atoms with van der Waals surface area (Å²) < 4.78 is 10.7. The maximum Gasteiger partial charge on any atom is 0.252 e. The Bertz CT molecular complexity index is 951. The van der Waals surface area contributed by atoms with E-state index in [1.165, 1.54) is 0 Å². The maximum absolute atomic E-state index is 12.4. The van der Waals surface area contributed by atoms with Crippen LogP contribution in [0, 0.1) is 13.8 Å². The minimum atomic E-state index is -0.197. The number of hydrogen-bond donors (Lipinski definition) is 1. The van der Waals surface area contributed by atoms with E-state index in [0.29, 0.717) is 23.9 Å². The third-order valence-electron chi connectivity index (χ3n) is 4.04. The van der Waals surface area contributed by atoms with Crippen molar-refractivity contribution in [3.8, 4) is 17.1 Å². The van der Waals surface area contributed by atoms with Gasteiger partial charge in [-0.3, -0.25) is 9.78 Å². The first-order valence-corrected chi connectivity index (χ1v) is 7.91. The second-order valence-corrected chi connectivity index (χ2v) is 5.91. The summed E-state index contributed by atoms with van der Waals surface area (Å²) in [6, 6.07) is 8.94. The van der Waals surface area contributed by atoms with Crippen LogP contribution < -0.4 is 10.1 Å². The molecule has 0 spiro atoms. The van der Waals surface area contributed by atoms with Gasteiger partial charge in [0.15, 0.2) is 0 Å². The number of benzene rings is 1. The second-order valence-electron chi connectivity index (χ2n) is 5.91. The molecular formula is C18H16N4O3. The number of nitrogens with zero attached hydrogens (tertiary/aromatic N) is 3. The van der Waals surface area contributed by atoms with Crippen molar-refractivity contribution in [3.05, 3.63) is 59.2 Å². The normalized spacial score (nSPS) is 15.5. The van der Waals surface area contributed by atoms with E-state index in [0.717, 1.165) is 22.6 Å². The number of amides is 1. The predicted octanol–water partition coefficient (Wildman–Crippen LogP) is 2.61. The highest BCUT2D eigenvalue weighted by molar-refractivity contribution is 5.94. The van der Waals surface area contributed by atoms with Gasteiger partial charge in [0.25, 0.3) is 5.91 Å². The standard InChI is InChI=1S/C18H16N4O3/c1-10-7-13(5-6-19-10)18(23)21-15-9-24-16-8-12(3-4-14(15)16)17-20-11(2)25-22-17/h3-8,15H,9H2,1-2H3,(H,21,23). The molecule has 7 nitrogen and oxygen atoms in total. The van der Waals surface area contributed by atoms with E-state index in [-0.39, 0.29) is 11.9 Å². The van der Waals surface area contributed by atoms with Crippen LogP contribution >= 0.6 is 0 Å². The number of aryl methyl sites for hydroxylation is 2. The topological polar surface area (TPSA) is 90.1 Å². The summed E-state index contributed by atoms with van der Waals surface area (Å²) in [6.07, 6.45) is 1.63. The van der Waals surface area contributed by atoms with Crippen LogP contribution in [0.5, 0.6) is 5.75 Å². The zero-order valence-electron chi connectivity index (χ0n) is 13.8. The van der Waals surface area contributed by atoms with E-state index in [2.05, 4.69) is 20.4 Å². The Balaban J connectivity index is 1.55. The van der Waals surface area contributed by atoms with Gasteiger partial charge in [0.1, 0.15) is 12.4 Å². The molecule has 1 atom stereocenters. The molecule has 1 aliphatic rings. The highest BCUT2D eigenvalue weighted by Gasteiger charge is 2.27. The summed E-state index contributed by atoms with van der Waals surface area (Å²) in [6.45, 7) is 3.98. The molecule has 0 saturated heterocycles. The van der Waals surface area contributed by atoms with E-state index in [9.17, 15) is 4.79 Å². The van der Waals surface area contributed by atoms with Crippen molar-refractivity contribution in [2.75, 3.05) is 6.61 Å². The molecular weight excluding hydrogens is 320 g/mol. The second kappa shape index (κ2) is 6.01. The van der Waals surface area contributed by atoms with E-state index >= 15 is 0 Å². The van der Waals surface area contributed by atoms with Gasteiger partial charge >= 0.3 is 0 Å². The molecule has 4 rings (SSSR count). The molecule has 3 aromatic rings. The molecule has 0 saturated carbocycles. The molecule has 0 radical (unpaired) electrons. The fourth-order valence-corrected chi connectivity index (χ4v) is 2.81. The quantitative estimate of drug-likeness (QED) is 0.791. The molecule has 7 heteroatoms. The monoisotopic (exact) mass is 336 g/mol. The van der Waals surface area contributed by atoms with Crippen LogP contribution in [-0.2, 0) is 0 Å². The molecule has 3 heterocycles. The van der Waals surface area contributed by atoms with Gasteiger partial charge in [-0.05, 0) is 25.1 Å². The molecule has 0 aliphatic carbocycles. The fraction of sp³-hybridized carbons (Fsp3) is 0.222. The van der Waals surface area contributed by atoms with Crippen molar-refractivity contribution >= 4 is 5.91 Å². The molecule has 0 fully saturated rings. The van der Waals surface area contributed by atoms with Crippen LogP contribution in [0.15, 0.2) is 41.1 Å². The summed E-state index contributed by atoms with van der Waals surface area (Å²) in [7, 11) is 0. The number of ether oxygens (including phenoxy) is 1. The maximum atomic E-state index is 12.4. The average molecular weight is 336 g/mol. The largest absolute Gasteiger partial charge is 0.491 e. The first-order chi connectivity index (χ1) is 12.1. The fourth-order valence-electron chi connectivity index (χ4n) is 2.81. The van der Waals surface area contributed by atoms with Crippen LogP contribution in [0.2, 0.25) is 0 Å². The lowest BCUT2D eigenvalue weighted by molar-refractivity contribution is 0.0930. The average Bonchev–Trinajstić information content (AvgIpc) is 3.21. The Kier molecular flexibility index (Phi) is 3.68. The highest BCUT2D eigenvalue weighted by Crippen LogP contribution is 2.35. The summed E-state index contributed by atoms with van der Waals surface area (Å²) in [5.74, 6) is 1.60. The first-order valence-electron chi connectivity index (χ1n) is 7.91. The Morgan fingerprint density at radius 2 is 2.12 bits per heavy atom. The van der Waals surface area contributed by atoms with Crippen LogP contribution in [0.25, 0.3) is 11.4 Å². The number of carbonyl (C=O) groups is 1. The lowest BCUT2D eigenvalue weighted by Gasteiger charge is -2.12. The first kappa shape index (κ1) is 15.3. The van der Waals surface area contributed by atoms with Gasteiger partial charge < -0.3 is 14.6 Å². The number of fused-ring (bicyclic) bond motifs is 1. The molecule has 25 heavy (non-hydrogen) atoms. The van der Waals surface area contributed by atoms with Crippen LogP contribution in [0.4, 0.5) is 0 Å². The van der Waals surface area contributed by atoms with Gasteiger partial charge in [-0.2, -0.15) is 4.98 Å². The molecule has 1 aliphatic heterocycles. The minimum absolute atomic E-state index is 0.148. The van der Waals surface area contributed by atoms with E-state index in [1.807, 2.05) is 25.1 Å². The van der Waals surface area contributed by atoms with Gasteiger partial charge in [-0.15, -0.1) is 0 Å². The predicted molar refractivity (Wildman–Crippen MR) is 89.1 cm³/mol. The summed E-state index contributed by atoms with van der Waals surface area (Å²) in [5.41, 5.74) is 3.13. The highest BCUT2D eigenvalue weighted by atomic mass is 16.5. The van der Waals surface area contributed by atoms with Crippen molar-refractivity contribution < 1.29 is 14.1 Å². The van der Waals surface area contributed by atoms with Gasteiger partial charge in [-0.25, -0.2) is 0 Å². The van der Waals surface area contributed by atoms with Gasteiger partial charge in [0.05, 0.1) is 6.04 Å². The Labute approximate surface area is 144 Å². The van der Waals surface area contributed by atoms with Crippen LogP contribution in [0.3, 0.4) is 0 Å². The summed E-state index contributed by atoms with van der Waals surface area (Å²) in [5, 5.41) is 6.91. The number of pyridine rings is 1. The molecule has 0 bridgehead atoms. The number of carbonyl (C=O) groups excluding carboxylic acids is 1. The molecule has 1 unspecified atom stereocenters. The third-order valence-corrected chi connectivity index (χ3v) is 4.04. The van der Waals surface area contributed by atoms with Gasteiger partial charge in [0, 0.05) is 35.5 Å². The van der Waals surface area contributed by atoms with Crippen molar-refractivity contribution in [2.24, 2.45) is 0 Å². The Morgan fingerprint density at radius 3 is 2.88 bits per heavy atom. The Hall–Kier alpha value is -3.22. The number of nitrogens with one attached hydrogen (secondary N) is 1. The van der Waals surface area contributed by atoms with Gasteiger partial charge in [0.2, 0.25) is 11.7 Å². The van der Waals surface area contributed by atoms with Crippen molar-refractivity contribution in [1.82, 2.24) is 20.4 Å². The number of aromatic nitrogens is 3. The van der Waals surface area contributed by atoms with Crippen molar-refractivity contribution in [1.29, 1.82) is 0 Å². The number of rotatable bonds is 3. The lowest BCUT2D eigenvalue weighted by atomic mass is 10.1. The lowest BCUT2D eigenvalue weighted by Crippen LogP contribution is -2.29. The van der Waals surface area contributed by atoms with Crippen LogP contribution in [0.1, 0.15) is 33.5 Å². The van der Waals surface area contributed by atoms with E-state index in [1.54, 1.807) is 25.3 Å². The molecule has 1 amide bonds. The van der Waals surface area contributed by atoms with E-state index in [4.69, 9.17) is 9.26 Å². The smallest absolute Gasteiger partial charge is 0.252 e.